The summed E-state index contributed by atoms with van der Waals surface area (Å²) in [6.45, 7) is 0.773. The first-order valence-electron chi connectivity index (χ1n) is 7.00. The minimum Gasteiger partial charge on any atom is -0.496 e. The van der Waals surface area contributed by atoms with E-state index in [4.69, 9.17) is 4.74 Å². The fourth-order valence-electron chi connectivity index (χ4n) is 2.60. The molecule has 0 aliphatic carbocycles. The number of hydrogen-bond donors (Lipinski definition) is 1. The molecule has 0 fully saturated rings. The molecule has 0 aliphatic heterocycles. The van der Waals surface area contributed by atoms with E-state index in [2.05, 4.69) is 21.7 Å². The van der Waals surface area contributed by atoms with Gasteiger partial charge in [0.05, 0.1) is 31.3 Å². The van der Waals surface area contributed by atoms with Crippen LogP contribution in [0.15, 0.2) is 48.5 Å². The monoisotopic (exact) mass is 282 g/mol. The zero-order chi connectivity index (χ0) is 14.7. The van der Waals surface area contributed by atoms with Gasteiger partial charge in [0.25, 0.3) is 0 Å². The second-order valence-corrected chi connectivity index (χ2v) is 4.89. The van der Waals surface area contributed by atoms with Gasteiger partial charge in [0.15, 0.2) is 0 Å². The van der Waals surface area contributed by atoms with Crippen molar-refractivity contribution < 1.29 is 9.84 Å². The summed E-state index contributed by atoms with van der Waals surface area (Å²) >= 11 is 0. The Kier molecular flexibility index (Phi) is 3.88. The van der Waals surface area contributed by atoms with Crippen molar-refractivity contribution in [1.82, 2.24) is 9.55 Å². The Labute approximate surface area is 123 Å². The molecule has 0 amide bonds. The maximum Gasteiger partial charge on any atom is 0.123 e. The normalized spacial score (nSPS) is 11.0. The molecule has 0 unspecified atom stereocenters. The van der Waals surface area contributed by atoms with Crippen LogP contribution in [0.1, 0.15) is 11.4 Å². The number of aliphatic hydroxyl groups is 1. The van der Waals surface area contributed by atoms with Gasteiger partial charge in [0, 0.05) is 12.0 Å². The van der Waals surface area contributed by atoms with Gasteiger partial charge in [-0.3, -0.25) is 0 Å². The Morgan fingerprint density at radius 2 is 1.86 bits per heavy atom. The van der Waals surface area contributed by atoms with E-state index in [1.54, 1.807) is 7.11 Å². The van der Waals surface area contributed by atoms with E-state index in [0.29, 0.717) is 13.0 Å². The summed E-state index contributed by atoms with van der Waals surface area (Å²) < 4.78 is 7.57. The fourth-order valence-corrected chi connectivity index (χ4v) is 2.60. The Hall–Kier alpha value is -2.33. The van der Waals surface area contributed by atoms with Crippen LogP contribution in [-0.4, -0.2) is 28.4 Å². The third kappa shape index (κ3) is 2.62. The van der Waals surface area contributed by atoms with Crippen molar-refractivity contribution in [2.75, 3.05) is 13.7 Å². The third-order valence-electron chi connectivity index (χ3n) is 3.59. The van der Waals surface area contributed by atoms with Crippen molar-refractivity contribution in [1.29, 1.82) is 0 Å². The molecule has 108 valence electrons. The lowest BCUT2D eigenvalue weighted by Gasteiger charge is -2.12. The van der Waals surface area contributed by atoms with Gasteiger partial charge in [-0.2, -0.15) is 0 Å². The van der Waals surface area contributed by atoms with Crippen LogP contribution in [0.25, 0.3) is 11.0 Å². The second-order valence-electron chi connectivity index (χ2n) is 4.89. The summed E-state index contributed by atoms with van der Waals surface area (Å²) in [7, 11) is 1.68. The maximum absolute atomic E-state index is 9.26. The van der Waals surface area contributed by atoms with Crippen molar-refractivity contribution in [3.63, 3.8) is 0 Å². The molecule has 4 nitrogen and oxygen atoms in total. The molecule has 1 N–H and O–H groups in total. The van der Waals surface area contributed by atoms with Gasteiger partial charge < -0.3 is 14.4 Å². The highest BCUT2D eigenvalue weighted by molar-refractivity contribution is 5.76. The highest BCUT2D eigenvalue weighted by Crippen LogP contribution is 2.23. The third-order valence-corrected chi connectivity index (χ3v) is 3.59. The van der Waals surface area contributed by atoms with Crippen molar-refractivity contribution >= 4 is 11.0 Å². The van der Waals surface area contributed by atoms with Crippen LogP contribution in [0.4, 0.5) is 0 Å². The Bertz CT molecular complexity index is 749. The number of benzene rings is 2. The first kappa shape index (κ1) is 13.6. The number of para-hydroxylation sites is 3. The molecule has 0 spiro atoms. The molecular weight excluding hydrogens is 264 g/mol. The van der Waals surface area contributed by atoms with Crippen LogP contribution in [0.2, 0.25) is 0 Å². The molecule has 0 saturated heterocycles. The maximum atomic E-state index is 9.26. The molecule has 0 aliphatic rings. The van der Waals surface area contributed by atoms with Crippen LogP contribution < -0.4 is 4.74 Å². The van der Waals surface area contributed by atoms with Gasteiger partial charge >= 0.3 is 0 Å². The molecule has 0 radical (unpaired) electrons. The van der Waals surface area contributed by atoms with Crippen molar-refractivity contribution in [3.8, 4) is 5.75 Å². The number of imidazole rings is 1. The molecule has 3 rings (SSSR count). The van der Waals surface area contributed by atoms with E-state index in [0.717, 1.165) is 28.2 Å². The fraction of sp³-hybridized carbons (Fsp3) is 0.235. The largest absolute Gasteiger partial charge is 0.496 e. The Balaban J connectivity index is 2.08. The minimum atomic E-state index is 0.0925. The highest BCUT2D eigenvalue weighted by atomic mass is 16.5. The number of fused-ring (bicyclic) bond motifs is 1. The number of nitrogens with zero attached hydrogens (tertiary/aromatic N) is 2. The lowest BCUT2D eigenvalue weighted by Crippen LogP contribution is -2.08. The number of methoxy groups -OCH3 is 1. The topological polar surface area (TPSA) is 47.3 Å². The lowest BCUT2D eigenvalue weighted by molar-refractivity contribution is 0.295. The summed E-state index contributed by atoms with van der Waals surface area (Å²) in [5.41, 5.74) is 3.13. The second kappa shape index (κ2) is 5.97. The summed E-state index contributed by atoms with van der Waals surface area (Å²) in [5.74, 6) is 1.76. The van der Waals surface area contributed by atoms with Crippen molar-refractivity contribution in [3.05, 3.63) is 59.9 Å². The molecule has 4 heteroatoms. The van der Waals surface area contributed by atoms with Crippen molar-refractivity contribution in [2.24, 2.45) is 0 Å². The van der Waals surface area contributed by atoms with Crippen LogP contribution in [0, 0.1) is 0 Å². The summed E-state index contributed by atoms with van der Waals surface area (Å²) in [4.78, 5) is 4.62. The van der Waals surface area contributed by atoms with Gasteiger partial charge in [-0.15, -0.1) is 0 Å². The molecule has 0 saturated carbocycles. The van der Waals surface area contributed by atoms with E-state index in [1.165, 1.54) is 0 Å². The Morgan fingerprint density at radius 3 is 2.67 bits per heavy atom. The number of hydrogen-bond acceptors (Lipinski definition) is 3. The van der Waals surface area contributed by atoms with Crippen LogP contribution in [0.3, 0.4) is 0 Å². The SMILES string of the molecule is COc1ccccc1Cn1c(CCO)nc2ccccc21. The predicted molar refractivity (Wildman–Crippen MR) is 82.6 cm³/mol. The van der Waals surface area contributed by atoms with Crippen LogP contribution in [-0.2, 0) is 13.0 Å². The summed E-state index contributed by atoms with van der Waals surface area (Å²) in [5, 5.41) is 9.26. The van der Waals surface area contributed by atoms with Gasteiger partial charge in [-0.05, 0) is 18.2 Å². The molecule has 21 heavy (non-hydrogen) atoms. The van der Waals surface area contributed by atoms with Gasteiger partial charge in [-0.1, -0.05) is 30.3 Å². The average Bonchev–Trinajstić information content (AvgIpc) is 2.86. The predicted octanol–water partition coefficient (Wildman–Crippen LogP) is 2.63. The van der Waals surface area contributed by atoms with Crippen LogP contribution in [0.5, 0.6) is 5.75 Å². The quantitative estimate of drug-likeness (QED) is 0.782. The van der Waals surface area contributed by atoms with Gasteiger partial charge in [0.1, 0.15) is 11.6 Å². The molecule has 1 heterocycles. The average molecular weight is 282 g/mol. The summed E-state index contributed by atoms with van der Waals surface area (Å²) in [6.07, 6.45) is 0.545. The van der Waals surface area contributed by atoms with E-state index in [9.17, 15) is 5.11 Å². The number of aliphatic hydroxyl groups excluding tert-OH is 1. The number of rotatable bonds is 5. The molecule has 2 aromatic carbocycles. The first-order chi connectivity index (χ1) is 10.3. The molecule has 3 aromatic rings. The minimum absolute atomic E-state index is 0.0925. The van der Waals surface area contributed by atoms with E-state index in [1.807, 2.05) is 36.4 Å². The van der Waals surface area contributed by atoms with E-state index in [-0.39, 0.29) is 6.61 Å². The van der Waals surface area contributed by atoms with E-state index >= 15 is 0 Å². The van der Waals surface area contributed by atoms with Gasteiger partial charge in [-0.25, -0.2) is 4.98 Å². The summed E-state index contributed by atoms with van der Waals surface area (Å²) in [6, 6.07) is 16.0. The zero-order valence-corrected chi connectivity index (χ0v) is 12.0. The highest BCUT2D eigenvalue weighted by Gasteiger charge is 2.12. The number of ether oxygens (including phenoxy) is 1. The smallest absolute Gasteiger partial charge is 0.123 e. The molecular formula is C17H18N2O2. The zero-order valence-electron chi connectivity index (χ0n) is 12.0. The first-order valence-corrected chi connectivity index (χ1v) is 7.00. The number of aromatic nitrogens is 2. The lowest BCUT2D eigenvalue weighted by atomic mass is 10.2. The molecule has 0 atom stereocenters. The Morgan fingerprint density at radius 1 is 1.10 bits per heavy atom. The van der Waals surface area contributed by atoms with E-state index < -0.39 is 0 Å². The van der Waals surface area contributed by atoms with Crippen molar-refractivity contribution in [2.45, 2.75) is 13.0 Å². The molecule has 1 aromatic heterocycles. The standard InChI is InChI=1S/C17H18N2O2/c1-21-16-9-5-2-6-13(16)12-19-15-8-4-3-7-14(15)18-17(19)10-11-20/h2-9,20H,10-12H2,1H3. The van der Waals surface area contributed by atoms with Gasteiger partial charge in [0.2, 0.25) is 0 Å². The van der Waals surface area contributed by atoms with Crippen LogP contribution >= 0.6 is 0 Å². The molecule has 0 bridgehead atoms.